The molecule has 0 saturated heterocycles. The number of carbonyl (C=O) groups is 1. The Morgan fingerprint density at radius 1 is 1.20 bits per heavy atom. The molecule has 2 rings (SSSR count). The third-order valence-electron chi connectivity index (χ3n) is 3.18. The summed E-state index contributed by atoms with van der Waals surface area (Å²) in [4.78, 5) is 22.4. The number of nitro benzene ring substituents is 1. The normalized spacial score (nSPS) is 11.0. The van der Waals surface area contributed by atoms with Crippen LogP contribution in [0.5, 0.6) is 5.75 Å². The number of carbonyl (C=O) groups excluding carboxylic acids is 1. The minimum Gasteiger partial charge on any atom is -0.484 e. The highest BCUT2D eigenvalue weighted by molar-refractivity contribution is 6.04. The van der Waals surface area contributed by atoms with Crippen LogP contribution in [0.1, 0.15) is 15.9 Å². The van der Waals surface area contributed by atoms with E-state index in [0.29, 0.717) is 11.3 Å². The van der Waals surface area contributed by atoms with Crippen LogP contribution in [0.15, 0.2) is 42.5 Å². The van der Waals surface area contributed by atoms with Crippen LogP contribution in [0.3, 0.4) is 0 Å². The van der Waals surface area contributed by atoms with E-state index in [1.807, 2.05) is 0 Å². The SMILES string of the molecule is Cc1ccc(C(=O)Nc2ccc(OCC(F)(F)F)cc2)cc1[N+](=O)[O-]. The topological polar surface area (TPSA) is 81.5 Å². The van der Waals surface area contributed by atoms with E-state index >= 15 is 0 Å². The Labute approximate surface area is 140 Å². The van der Waals surface area contributed by atoms with Gasteiger partial charge in [0.25, 0.3) is 11.6 Å². The molecule has 0 aromatic heterocycles. The largest absolute Gasteiger partial charge is 0.484 e. The van der Waals surface area contributed by atoms with Crippen molar-refractivity contribution in [1.82, 2.24) is 0 Å². The van der Waals surface area contributed by atoms with E-state index in [1.165, 1.54) is 36.4 Å². The summed E-state index contributed by atoms with van der Waals surface area (Å²) in [5.41, 5.74) is 0.651. The lowest BCUT2D eigenvalue weighted by Gasteiger charge is -2.10. The van der Waals surface area contributed by atoms with Gasteiger partial charge >= 0.3 is 6.18 Å². The molecule has 1 N–H and O–H groups in total. The number of alkyl halides is 3. The lowest BCUT2D eigenvalue weighted by atomic mass is 10.1. The van der Waals surface area contributed by atoms with E-state index in [4.69, 9.17) is 0 Å². The summed E-state index contributed by atoms with van der Waals surface area (Å²) >= 11 is 0. The molecule has 2 aromatic carbocycles. The van der Waals surface area contributed by atoms with Gasteiger partial charge < -0.3 is 10.1 Å². The van der Waals surface area contributed by atoms with E-state index in [2.05, 4.69) is 10.1 Å². The Morgan fingerprint density at radius 2 is 1.84 bits per heavy atom. The Morgan fingerprint density at radius 3 is 2.40 bits per heavy atom. The summed E-state index contributed by atoms with van der Waals surface area (Å²) in [5.74, 6) is -0.576. The molecule has 0 aliphatic rings. The lowest BCUT2D eigenvalue weighted by Crippen LogP contribution is -2.19. The van der Waals surface area contributed by atoms with Gasteiger partial charge in [0.1, 0.15) is 5.75 Å². The predicted octanol–water partition coefficient (Wildman–Crippen LogP) is 4.10. The quantitative estimate of drug-likeness (QED) is 0.647. The average Bonchev–Trinajstić information content (AvgIpc) is 2.53. The monoisotopic (exact) mass is 354 g/mol. The number of hydrogen-bond acceptors (Lipinski definition) is 4. The zero-order chi connectivity index (χ0) is 18.6. The first-order valence-corrected chi connectivity index (χ1v) is 7.02. The molecule has 0 bridgehead atoms. The van der Waals surface area contributed by atoms with Crippen LogP contribution >= 0.6 is 0 Å². The van der Waals surface area contributed by atoms with Gasteiger partial charge in [-0.3, -0.25) is 14.9 Å². The fourth-order valence-corrected chi connectivity index (χ4v) is 1.95. The predicted molar refractivity (Wildman–Crippen MR) is 83.8 cm³/mol. The van der Waals surface area contributed by atoms with E-state index in [1.54, 1.807) is 6.92 Å². The molecule has 25 heavy (non-hydrogen) atoms. The highest BCUT2D eigenvalue weighted by atomic mass is 19.4. The number of halogens is 3. The van der Waals surface area contributed by atoms with Crippen molar-refractivity contribution in [3.05, 3.63) is 63.7 Å². The molecular formula is C16H13F3N2O4. The summed E-state index contributed by atoms with van der Waals surface area (Å²) in [6.07, 6.45) is -4.44. The fourth-order valence-electron chi connectivity index (χ4n) is 1.95. The van der Waals surface area contributed by atoms with Gasteiger partial charge in [0.05, 0.1) is 4.92 Å². The van der Waals surface area contributed by atoms with Gasteiger partial charge in [-0.05, 0) is 37.3 Å². The second-order valence-corrected chi connectivity index (χ2v) is 5.14. The first-order valence-electron chi connectivity index (χ1n) is 7.02. The molecule has 6 nitrogen and oxygen atoms in total. The molecule has 0 radical (unpaired) electrons. The Kier molecular flexibility index (Phi) is 5.26. The molecule has 9 heteroatoms. The second kappa shape index (κ2) is 7.20. The average molecular weight is 354 g/mol. The number of benzene rings is 2. The number of hydrogen-bond donors (Lipinski definition) is 1. The molecule has 2 aromatic rings. The van der Waals surface area contributed by atoms with Gasteiger partial charge in [-0.15, -0.1) is 0 Å². The van der Waals surface area contributed by atoms with Crippen LogP contribution in [-0.2, 0) is 0 Å². The summed E-state index contributed by atoms with van der Waals surface area (Å²) in [6.45, 7) is 0.144. The fraction of sp³-hybridized carbons (Fsp3) is 0.188. The van der Waals surface area contributed by atoms with Gasteiger partial charge in [0.15, 0.2) is 6.61 Å². The maximum Gasteiger partial charge on any atom is 0.422 e. The molecule has 0 atom stereocenters. The van der Waals surface area contributed by atoms with Crippen molar-refractivity contribution in [3.63, 3.8) is 0 Å². The van der Waals surface area contributed by atoms with Crippen molar-refractivity contribution in [3.8, 4) is 5.75 Å². The van der Waals surface area contributed by atoms with Crippen molar-refractivity contribution in [2.24, 2.45) is 0 Å². The minimum absolute atomic E-state index is 0.00120. The highest BCUT2D eigenvalue weighted by Gasteiger charge is 2.28. The number of nitro groups is 1. The van der Waals surface area contributed by atoms with Crippen molar-refractivity contribution in [1.29, 1.82) is 0 Å². The number of nitrogens with one attached hydrogen (secondary N) is 1. The minimum atomic E-state index is -4.44. The van der Waals surface area contributed by atoms with Gasteiger partial charge in [-0.25, -0.2) is 0 Å². The Bertz CT molecular complexity index is 789. The van der Waals surface area contributed by atoms with Crippen LogP contribution in [0.4, 0.5) is 24.5 Å². The first kappa shape index (κ1) is 18.2. The zero-order valence-electron chi connectivity index (χ0n) is 13.0. The van der Waals surface area contributed by atoms with E-state index in [9.17, 15) is 28.1 Å². The summed E-state index contributed by atoms with van der Waals surface area (Å²) in [5, 5.41) is 13.4. The van der Waals surface area contributed by atoms with Crippen molar-refractivity contribution >= 4 is 17.3 Å². The second-order valence-electron chi connectivity index (χ2n) is 5.14. The number of nitrogens with zero attached hydrogens (tertiary/aromatic N) is 1. The molecule has 0 saturated carbocycles. The van der Waals surface area contributed by atoms with Crippen LogP contribution in [0.25, 0.3) is 0 Å². The van der Waals surface area contributed by atoms with Gasteiger partial charge in [0, 0.05) is 22.9 Å². The summed E-state index contributed by atoms with van der Waals surface area (Å²) in [6, 6.07) is 9.35. The highest BCUT2D eigenvalue weighted by Crippen LogP contribution is 2.22. The standard InChI is InChI=1S/C16H13F3N2O4/c1-10-2-3-11(8-14(10)21(23)24)15(22)20-12-4-6-13(7-5-12)25-9-16(17,18)19/h2-8H,9H2,1H3,(H,20,22). The molecule has 1 amide bonds. The number of amides is 1. The zero-order valence-corrected chi connectivity index (χ0v) is 13.0. The van der Waals surface area contributed by atoms with Crippen molar-refractivity contribution in [2.75, 3.05) is 11.9 Å². The van der Waals surface area contributed by atoms with E-state index in [-0.39, 0.29) is 17.0 Å². The molecule has 0 unspecified atom stereocenters. The number of ether oxygens (including phenoxy) is 1. The third kappa shape index (κ3) is 5.20. The van der Waals surface area contributed by atoms with Crippen LogP contribution in [0.2, 0.25) is 0 Å². The third-order valence-corrected chi connectivity index (χ3v) is 3.18. The molecular weight excluding hydrogens is 341 g/mol. The molecule has 132 valence electrons. The number of anilines is 1. The molecule has 0 heterocycles. The van der Waals surface area contributed by atoms with E-state index < -0.39 is 23.6 Å². The van der Waals surface area contributed by atoms with Crippen LogP contribution < -0.4 is 10.1 Å². The summed E-state index contributed by atoms with van der Waals surface area (Å²) in [7, 11) is 0. The lowest BCUT2D eigenvalue weighted by molar-refractivity contribution is -0.385. The maximum atomic E-state index is 12.1. The number of rotatable bonds is 5. The van der Waals surface area contributed by atoms with Gasteiger partial charge in [-0.2, -0.15) is 13.2 Å². The molecule has 0 spiro atoms. The van der Waals surface area contributed by atoms with Gasteiger partial charge in [-0.1, -0.05) is 6.07 Å². The van der Waals surface area contributed by atoms with E-state index in [0.717, 1.165) is 6.07 Å². The first-order chi connectivity index (χ1) is 11.7. The van der Waals surface area contributed by atoms with Crippen molar-refractivity contribution < 1.29 is 27.6 Å². The van der Waals surface area contributed by atoms with Gasteiger partial charge in [0.2, 0.25) is 0 Å². The maximum absolute atomic E-state index is 12.1. The Balaban J connectivity index is 2.06. The molecule has 0 fully saturated rings. The molecule has 0 aliphatic heterocycles. The molecule has 0 aliphatic carbocycles. The van der Waals surface area contributed by atoms with Crippen LogP contribution in [-0.4, -0.2) is 23.6 Å². The van der Waals surface area contributed by atoms with Crippen molar-refractivity contribution in [2.45, 2.75) is 13.1 Å². The smallest absolute Gasteiger partial charge is 0.422 e. The Hall–Kier alpha value is -3.10. The van der Waals surface area contributed by atoms with Crippen LogP contribution in [0, 0.1) is 17.0 Å². The number of aryl methyl sites for hydroxylation is 1. The summed E-state index contributed by atoms with van der Waals surface area (Å²) < 4.78 is 40.8.